The summed E-state index contributed by atoms with van der Waals surface area (Å²) < 4.78 is 25.6. The van der Waals surface area contributed by atoms with Crippen molar-refractivity contribution in [1.29, 1.82) is 0 Å². The molecule has 0 heterocycles. The summed E-state index contributed by atoms with van der Waals surface area (Å²) in [4.78, 5) is 23.5. The van der Waals surface area contributed by atoms with Crippen LogP contribution in [0.4, 0.5) is 10.1 Å². The molecular weight excluding hydrogens is 493 g/mol. The molecular formula is C24H21BrFN3O4. The second kappa shape index (κ2) is 11.2. The van der Waals surface area contributed by atoms with Crippen LogP contribution in [0.25, 0.3) is 0 Å². The number of rotatable bonds is 8. The van der Waals surface area contributed by atoms with Gasteiger partial charge < -0.3 is 14.8 Å². The van der Waals surface area contributed by atoms with E-state index in [0.29, 0.717) is 38.3 Å². The maximum atomic E-state index is 13.9. The van der Waals surface area contributed by atoms with Crippen molar-refractivity contribution < 1.29 is 23.5 Å². The Labute approximate surface area is 198 Å². The molecule has 3 aromatic rings. The van der Waals surface area contributed by atoms with Gasteiger partial charge in [0, 0.05) is 23.7 Å². The fourth-order valence-electron chi connectivity index (χ4n) is 2.89. The van der Waals surface area contributed by atoms with E-state index in [1.165, 1.54) is 26.3 Å². The lowest BCUT2D eigenvalue weighted by Crippen LogP contribution is -2.18. The van der Waals surface area contributed by atoms with Gasteiger partial charge in [-0.3, -0.25) is 9.59 Å². The van der Waals surface area contributed by atoms with E-state index in [1.807, 2.05) is 0 Å². The number of hydrogen-bond donors (Lipinski definition) is 2. The molecule has 0 aromatic heterocycles. The highest BCUT2D eigenvalue weighted by Crippen LogP contribution is 2.37. The third-order valence-electron chi connectivity index (χ3n) is 4.41. The normalized spacial score (nSPS) is 10.7. The Bertz CT molecular complexity index is 1200. The van der Waals surface area contributed by atoms with Crippen molar-refractivity contribution in [2.24, 2.45) is 5.10 Å². The predicted molar refractivity (Wildman–Crippen MR) is 127 cm³/mol. The summed E-state index contributed by atoms with van der Waals surface area (Å²) in [5, 5.41) is 6.60. The largest absolute Gasteiger partial charge is 0.493 e. The van der Waals surface area contributed by atoms with E-state index in [-0.39, 0.29) is 18.3 Å². The zero-order valence-electron chi connectivity index (χ0n) is 17.9. The molecule has 0 atom stereocenters. The molecule has 7 nitrogen and oxygen atoms in total. The number of anilines is 1. The van der Waals surface area contributed by atoms with Gasteiger partial charge in [-0.15, -0.1) is 0 Å². The number of ether oxygens (including phenoxy) is 2. The predicted octanol–water partition coefficient (Wildman–Crippen LogP) is 4.90. The van der Waals surface area contributed by atoms with Crippen molar-refractivity contribution in [2.45, 2.75) is 13.5 Å². The third-order valence-corrected chi connectivity index (χ3v) is 5.00. The molecule has 33 heavy (non-hydrogen) atoms. The maximum Gasteiger partial charge on any atom is 0.271 e. The third kappa shape index (κ3) is 6.63. The molecule has 2 amide bonds. The summed E-state index contributed by atoms with van der Waals surface area (Å²) in [6, 6.07) is 16.3. The minimum absolute atomic E-state index is 0.0304. The van der Waals surface area contributed by atoms with Crippen LogP contribution in [-0.4, -0.2) is 25.1 Å². The van der Waals surface area contributed by atoms with Crippen LogP contribution in [0, 0.1) is 5.82 Å². The molecule has 9 heteroatoms. The van der Waals surface area contributed by atoms with Crippen molar-refractivity contribution >= 4 is 39.6 Å². The smallest absolute Gasteiger partial charge is 0.271 e. The fraction of sp³-hybridized carbons (Fsp3) is 0.125. The van der Waals surface area contributed by atoms with Gasteiger partial charge in [0.25, 0.3) is 5.91 Å². The van der Waals surface area contributed by atoms with Crippen LogP contribution in [0.5, 0.6) is 11.5 Å². The molecule has 0 fully saturated rings. The number of methoxy groups -OCH3 is 1. The second-order valence-corrected chi connectivity index (χ2v) is 7.73. The number of nitrogens with one attached hydrogen (secondary N) is 2. The summed E-state index contributed by atoms with van der Waals surface area (Å²) in [5.41, 5.74) is 4.34. The number of nitrogens with zero attached hydrogens (tertiary/aromatic N) is 1. The molecule has 0 unspecified atom stereocenters. The van der Waals surface area contributed by atoms with Gasteiger partial charge >= 0.3 is 0 Å². The van der Waals surface area contributed by atoms with E-state index >= 15 is 0 Å². The summed E-state index contributed by atoms with van der Waals surface area (Å²) in [6.45, 7) is 1.42. The van der Waals surface area contributed by atoms with Crippen molar-refractivity contribution in [3.8, 4) is 11.5 Å². The first-order valence-electron chi connectivity index (χ1n) is 9.82. The molecule has 0 aliphatic rings. The molecule has 3 rings (SSSR count). The van der Waals surface area contributed by atoms with Gasteiger partial charge in [0.05, 0.1) is 17.8 Å². The lowest BCUT2D eigenvalue weighted by molar-refractivity contribution is -0.114. The molecule has 170 valence electrons. The maximum absolute atomic E-state index is 13.9. The van der Waals surface area contributed by atoms with E-state index in [9.17, 15) is 14.0 Å². The Hall–Kier alpha value is -3.72. The molecule has 0 spiro atoms. The number of amides is 2. The van der Waals surface area contributed by atoms with Crippen LogP contribution < -0.4 is 20.2 Å². The monoisotopic (exact) mass is 513 g/mol. The summed E-state index contributed by atoms with van der Waals surface area (Å²) in [6.07, 6.45) is 1.45. The van der Waals surface area contributed by atoms with Gasteiger partial charge in [0.2, 0.25) is 5.91 Å². The van der Waals surface area contributed by atoms with Crippen LogP contribution in [0.3, 0.4) is 0 Å². The molecule has 2 N–H and O–H groups in total. The van der Waals surface area contributed by atoms with Gasteiger partial charge in [-0.2, -0.15) is 5.10 Å². The Morgan fingerprint density at radius 1 is 1.12 bits per heavy atom. The second-order valence-electron chi connectivity index (χ2n) is 6.88. The summed E-state index contributed by atoms with van der Waals surface area (Å²) in [7, 11) is 1.49. The minimum atomic E-state index is -0.436. The SMILES string of the molecule is COc1cc(/C=N\NC(=O)c2cccc(NC(C)=O)c2)cc(Br)c1OCc1ccccc1F. The van der Waals surface area contributed by atoms with Crippen LogP contribution in [0.2, 0.25) is 0 Å². The van der Waals surface area contributed by atoms with Crippen LogP contribution in [-0.2, 0) is 11.4 Å². The lowest BCUT2D eigenvalue weighted by atomic mass is 10.2. The van der Waals surface area contributed by atoms with Crippen molar-refractivity contribution in [2.75, 3.05) is 12.4 Å². The van der Waals surface area contributed by atoms with Gasteiger partial charge in [-0.05, 0) is 57.9 Å². The Morgan fingerprint density at radius 2 is 1.91 bits per heavy atom. The first-order valence-corrected chi connectivity index (χ1v) is 10.6. The van der Waals surface area contributed by atoms with Gasteiger partial charge in [-0.25, -0.2) is 9.82 Å². The quantitative estimate of drug-likeness (QED) is 0.331. The molecule has 0 saturated heterocycles. The highest BCUT2D eigenvalue weighted by atomic mass is 79.9. The number of hydrazone groups is 1. The number of hydrogen-bond acceptors (Lipinski definition) is 5. The molecule has 0 aliphatic heterocycles. The van der Waals surface area contributed by atoms with Gasteiger partial charge in [0.1, 0.15) is 12.4 Å². The Balaban J connectivity index is 1.68. The van der Waals surface area contributed by atoms with Crippen molar-refractivity contribution in [1.82, 2.24) is 5.43 Å². The first-order chi connectivity index (χ1) is 15.9. The highest BCUT2D eigenvalue weighted by Gasteiger charge is 2.13. The molecule has 0 saturated carbocycles. The Kier molecular flexibility index (Phi) is 8.15. The average Bonchev–Trinajstić information content (AvgIpc) is 2.78. The van der Waals surface area contributed by atoms with Crippen LogP contribution in [0.15, 0.2) is 70.2 Å². The zero-order valence-corrected chi connectivity index (χ0v) is 19.5. The van der Waals surface area contributed by atoms with Crippen LogP contribution in [0.1, 0.15) is 28.4 Å². The highest BCUT2D eigenvalue weighted by molar-refractivity contribution is 9.10. The number of halogens is 2. The van der Waals surface area contributed by atoms with E-state index < -0.39 is 5.91 Å². The number of carbonyl (C=O) groups excluding carboxylic acids is 2. The van der Waals surface area contributed by atoms with E-state index in [0.717, 1.165) is 0 Å². The summed E-state index contributed by atoms with van der Waals surface area (Å²) >= 11 is 3.43. The number of benzene rings is 3. The van der Waals surface area contributed by atoms with E-state index in [4.69, 9.17) is 9.47 Å². The summed E-state index contributed by atoms with van der Waals surface area (Å²) in [5.74, 6) is -0.191. The first kappa shape index (κ1) is 23.9. The standard InChI is InChI=1S/C24H21BrFN3O4/c1-15(30)28-19-8-5-7-17(12-19)24(31)29-27-13-16-10-20(25)23(22(11-16)32-2)33-14-18-6-3-4-9-21(18)26/h3-13H,14H2,1-2H3,(H,28,30)(H,29,31)/b27-13-. The molecule has 3 aromatic carbocycles. The van der Waals surface area contributed by atoms with Gasteiger partial charge in [-0.1, -0.05) is 24.3 Å². The van der Waals surface area contributed by atoms with Gasteiger partial charge in [0.15, 0.2) is 11.5 Å². The Morgan fingerprint density at radius 3 is 2.64 bits per heavy atom. The van der Waals surface area contributed by atoms with E-state index in [1.54, 1.807) is 54.6 Å². The topological polar surface area (TPSA) is 89.0 Å². The number of carbonyl (C=O) groups is 2. The van der Waals surface area contributed by atoms with Crippen LogP contribution >= 0.6 is 15.9 Å². The molecule has 0 bridgehead atoms. The lowest BCUT2D eigenvalue weighted by Gasteiger charge is -2.14. The average molecular weight is 514 g/mol. The zero-order chi connectivity index (χ0) is 23.8. The fourth-order valence-corrected chi connectivity index (χ4v) is 3.47. The van der Waals surface area contributed by atoms with Crippen molar-refractivity contribution in [3.63, 3.8) is 0 Å². The molecule has 0 radical (unpaired) electrons. The van der Waals surface area contributed by atoms with E-state index in [2.05, 4.69) is 31.8 Å². The van der Waals surface area contributed by atoms with Crippen molar-refractivity contribution in [3.05, 3.63) is 87.6 Å². The minimum Gasteiger partial charge on any atom is -0.493 e. The molecule has 0 aliphatic carbocycles.